The third-order valence-corrected chi connectivity index (χ3v) is 4.74. The van der Waals surface area contributed by atoms with E-state index in [1.165, 1.54) is 16.8 Å². The van der Waals surface area contributed by atoms with Crippen LogP contribution in [0.5, 0.6) is 0 Å². The Bertz CT molecular complexity index is 799. The Morgan fingerprint density at radius 3 is 2.38 bits per heavy atom. The number of halogens is 3. The highest BCUT2D eigenvalue weighted by Gasteiger charge is 2.30. The van der Waals surface area contributed by atoms with Crippen molar-refractivity contribution < 1.29 is 18.0 Å². The molecule has 3 rings (SSSR count). The molecule has 11 heteroatoms. The highest BCUT2D eigenvalue weighted by atomic mass is 19.4. The molecule has 158 valence electrons. The summed E-state index contributed by atoms with van der Waals surface area (Å²) in [4.78, 5) is 16.1. The number of nitrogens with one attached hydrogen (secondary N) is 1. The van der Waals surface area contributed by atoms with Crippen molar-refractivity contribution >= 4 is 5.91 Å². The van der Waals surface area contributed by atoms with Gasteiger partial charge in [0.1, 0.15) is 0 Å². The number of rotatable bonds is 7. The third-order valence-electron chi connectivity index (χ3n) is 4.74. The van der Waals surface area contributed by atoms with Crippen LogP contribution in [-0.2, 0) is 17.5 Å². The second-order valence-corrected chi connectivity index (χ2v) is 6.95. The van der Waals surface area contributed by atoms with Gasteiger partial charge in [0.15, 0.2) is 5.82 Å². The fourth-order valence-electron chi connectivity index (χ4n) is 3.13. The molecule has 0 bridgehead atoms. The number of hydrogen-bond donors (Lipinski definition) is 1. The summed E-state index contributed by atoms with van der Waals surface area (Å²) in [6, 6.07) is 4.75. The zero-order chi connectivity index (χ0) is 20.9. The number of tetrazole rings is 1. The lowest BCUT2D eigenvalue weighted by Crippen LogP contribution is -2.49. The number of alkyl halides is 3. The van der Waals surface area contributed by atoms with Crippen molar-refractivity contribution in [2.45, 2.75) is 26.1 Å². The van der Waals surface area contributed by atoms with Crippen molar-refractivity contribution in [1.82, 2.24) is 35.3 Å². The number of hydrogen-bond acceptors (Lipinski definition) is 6. The summed E-state index contributed by atoms with van der Waals surface area (Å²) >= 11 is 0. The van der Waals surface area contributed by atoms with Gasteiger partial charge in [-0.05, 0) is 41.1 Å². The fourth-order valence-corrected chi connectivity index (χ4v) is 3.13. The van der Waals surface area contributed by atoms with Crippen LogP contribution in [0.4, 0.5) is 13.2 Å². The number of amides is 1. The van der Waals surface area contributed by atoms with E-state index in [1.807, 2.05) is 6.92 Å². The van der Waals surface area contributed by atoms with Gasteiger partial charge in [-0.3, -0.25) is 14.6 Å². The monoisotopic (exact) mass is 411 g/mol. The van der Waals surface area contributed by atoms with Gasteiger partial charge in [-0.25, -0.2) is 0 Å². The van der Waals surface area contributed by atoms with Gasteiger partial charge in [0.25, 0.3) is 0 Å². The number of carbonyl (C=O) groups is 1. The van der Waals surface area contributed by atoms with E-state index in [0.717, 1.165) is 44.7 Å². The van der Waals surface area contributed by atoms with E-state index in [0.29, 0.717) is 31.1 Å². The lowest BCUT2D eigenvalue weighted by Gasteiger charge is -2.33. The van der Waals surface area contributed by atoms with E-state index in [2.05, 4.69) is 30.6 Å². The lowest BCUT2D eigenvalue weighted by molar-refractivity contribution is -0.137. The molecule has 1 aromatic heterocycles. The minimum absolute atomic E-state index is 0.0338. The Morgan fingerprint density at radius 2 is 1.76 bits per heavy atom. The molecule has 1 aromatic carbocycles. The maximum absolute atomic E-state index is 12.7. The highest BCUT2D eigenvalue weighted by molar-refractivity contribution is 5.77. The van der Waals surface area contributed by atoms with Crippen LogP contribution in [0.1, 0.15) is 24.7 Å². The predicted molar refractivity (Wildman–Crippen MR) is 99.2 cm³/mol. The van der Waals surface area contributed by atoms with Crippen molar-refractivity contribution in [2.24, 2.45) is 0 Å². The van der Waals surface area contributed by atoms with Crippen LogP contribution in [0, 0.1) is 0 Å². The van der Waals surface area contributed by atoms with Crippen molar-refractivity contribution in [3.05, 3.63) is 35.7 Å². The summed E-state index contributed by atoms with van der Waals surface area (Å²) in [7, 11) is 0. The number of aromatic nitrogens is 4. The Balaban J connectivity index is 1.55. The molecule has 0 atom stereocenters. The second kappa shape index (κ2) is 9.31. The smallest absolute Gasteiger partial charge is 0.355 e. The highest BCUT2D eigenvalue weighted by Crippen LogP contribution is 2.29. The Kier molecular flexibility index (Phi) is 6.80. The average Bonchev–Trinajstić information content (AvgIpc) is 3.15. The summed E-state index contributed by atoms with van der Waals surface area (Å²) < 4.78 is 39.7. The van der Waals surface area contributed by atoms with Crippen LogP contribution < -0.4 is 5.32 Å². The van der Waals surface area contributed by atoms with Crippen molar-refractivity contribution in [1.29, 1.82) is 0 Å². The van der Waals surface area contributed by atoms with E-state index in [1.54, 1.807) is 0 Å². The van der Waals surface area contributed by atoms with Gasteiger partial charge >= 0.3 is 6.18 Å². The summed E-state index contributed by atoms with van der Waals surface area (Å²) in [6.07, 6.45) is -3.47. The zero-order valence-electron chi connectivity index (χ0n) is 16.2. The van der Waals surface area contributed by atoms with E-state index in [4.69, 9.17) is 0 Å². The lowest BCUT2D eigenvalue weighted by atomic mass is 10.2. The van der Waals surface area contributed by atoms with Crippen molar-refractivity contribution in [2.75, 3.05) is 39.3 Å². The fraction of sp³-hybridized carbons (Fsp3) is 0.556. The first kappa shape index (κ1) is 21.2. The molecule has 1 fully saturated rings. The van der Waals surface area contributed by atoms with E-state index < -0.39 is 11.7 Å². The molecular formula is C18H24F3N7O. The molecule has 0 aliphatic carbocycles. The molecule has 1 aliphatic heterocycles. The van der Waals surface area contributed by atoms with Crippen LogP contribution in [-0.4, -0.2) is 75.2 Å². The quantitative estimate of drug-likeness (QED) is 0.741. The molecule has 1 aliphatic rings. The molecule has 0 saturated carbocycles. The number of piperazine rings is 1. The van der Waals surface area contributed by atoms with Crippen LogP contribution in [0.3, 0.4) is 0 Å². The first-order valence-corrected chi connectivity index (χ1v) is 9.53. The van der Waals surface area contributed by atoms with Crippen molar-refractivity contribution in [3.8, 4) is 5.69 Å². The molecule has 1 N–H and O–H groups in total. The molecule has 1 saturated heterocycles. The number of benzene rings is 1. The summed E-state index contributed by atoms with van der Waals surface area (Å²) in [6.45, 7) is 6.56. The Morgan fingerprint density at radius 1 is 1.10 bits per heavy atom. The summed E-state index contributed by atoms with van der Waals surface area (Å²) in [5, 5.41) is 14.5. The zero-order valence-corrected chi connectivity index (χ0v) is 16.2. The van der Waals surface area contributed by atoms with Crippen LogP contribution in [0.2, 0.25) is 0 Å². The molecule has 0 spiro atoms. The molecule has 2 heterocycles. The minimum Gasteiger partial charge on any atom is -0.355 e. The first-order chi connectivity index (χ1) is 13.9. The van der Waals surface area contributed by atoms with Gasteiger partial charge in [-0.15, -0.1) is 5.10 Å². The standard InChI is InChI=1S/C18H24F3N7O/c1-2-7-22-17(29)13-27-10-8-26(9-11-27)12-16-23-24-25-28(16)15-5-3-14(4-6-15)18(19,20)21/h3-6H,2,7-13H2,1H3,(H,22,29). The Labute approximate surface area is 166 Å². The van der Waals surface area contributed by atoms with Crippen molar-refractivity contribution in [3.63, 3.8) is 0 Å². The van der Waals surface area contributed by atoms with Gasteiger partial charge in [0, 0.05) is 32.7 Å². The SMILES string of the molecule is CCCNC(=O)CN1CCN(Cc2nnnn2-c2ccc(C(F)(F)F)cc2)CC1. The van der Waals surface area contributed by atoms with E-state index in [9.17, 15) is 18.0 Å². The maximum atomic E-state index is 12.7. The van der Waals surface area contributed by atoms with E-state index in [-0.39, 0.29) is 5.91 Å². The van der Waals surface area contributed by atoms with Gasteiger partial charge in [0.2, 0.25) is 5.91 Å². The average molecular weight is 411 g/mol. The summed E-state index contributed by atoms with van der Waals surface area (Å²) in [5.74, 6) is 0.588. The largest absolute Gasteiger partial charge is 0.416 e. The van der Waals surface area contributed by atoms with E-state index >= 15 is 0 Å². The first-order valence-electron chi connectivity index (χ1n) is 9.53. The molecule has 1 amide bonds. The van der Waals surface area contributed by atoms with Gasteiger partial charge < -0.3 is 5.32 Å². The molecular weight excluding hydrogens is 387 g/mol. The van der Waals surface area contributed by atoms with Gasteiger partial charge in [0.05, 0.1) is 24.3 Å². The minimum atomic E-state index is -4.38. The second-order valence-electron chi connectivity index (χ2n) is 6.95. The number of carbonyl (C=O) groups excluding carboxylic acids is 1. The Hall–Kier alpha value is -2.53. The molecule has 8 nitrogen and oxygen atoms in total. The van der Waals surface area contributed by atoms with Crippen LogP contribution in [0.15, 0.2) is 24.3 Å². The van der Waals surface area contributed by atoms with Gasteiger partial charge in [-0.2, -0.15) is 17.9 Å². The predicted octanol–water partition coefficient (Wildman–Crippen LogP) is 1.32. The van der Waals surface area contributed by atoms with Gasteiger partial charge in [-0.1, -0.05) is 6.92 Å². The maximum Gasteiger partial charge on any atom is 0.416 e. The molecule has 0 unspecified atom stereocenters. The topological polar surface area (TPSA) is 79.2 Å². The van der Waals surface area contributed by atoms with Crippen LogP contribution in [0.25, 0.3) is 5.69 Å². The van der Waals surface area contributed by atoms with Crippen LogP contribution >= 0.6 is 0 Å². The molecule has 0 radical (unpaired) electrons. The molecule has 29 heavy (non-hydrogen) atoms. The molecule has 2 aromatic rings. The summed E-state index contributed by atoms with van der Waals surface area (Å²) in [5.41, 5.74) is -0.237. The number of nitrogens with zero attached hydrogens (tertiary/aromatic N) is 6. The normalized spacial score (nSPS) is 16.1. The third kappa shape index (κ3) is 5.73.